The first-order valence-electron chi connectivity index (χ1n) is 9.92. The second-order valence-electron chi connectivity index (χ2n) is 7.72. The highest BCUT2D eigenvalue weighted by Crippen LogP contribution is 2.25. The first kappa shape index (κ1) is 20.8. The van der Waals surface area contributed by atoms with Crippen molar-refractivity contribution in [1.82, 2.24) is 15.1 Å². The number of amides is 2. The Labute approximate surface area is 167 Å². The Morgan fingerprint density at radius 3 is 2.61 bits per heavy atom. The van der Waals surface area contributed by atoms with Gasteiger partial charge in [-0.15, -0.1) is 0 Å². The Morgan fingerprint density at radius 1 is 1.21 bits per heavy atom. The fourth-order valence-corrected chi connectivity index (χ4v) is 4.57. The molecule has 1 N–H and O–H groups in total. The van der Waals surface area contributed by atoms with Crippen LogP contribution in [0.4, 0.5) is 0 Å². The molecule has 2 amide bonds. The number of rotatable bonds is 9. The molecule has 1 fully saturated rings. The average Bonchev–Trinajstić information content (AvgIpc) is 3.27. The lowest BCUT2D eigenvalue weighted by molar-refractivity contribution is -0.125. The summed E-state index contributed by atoms with van der Waals surface area (Å²) in [7, 11) is -3.23. The highest BCUT2D eigenvalue weighted by molar-refractivity contribution is 7.90. The summed E-state index contributed by atoms with van der Waals surface area (Å²) in [6.07, 6.45) is 4.57. The molecule has 2 aliphatic heterocycles. The third kappa shape index (κ3) is 5.32. The lowest BCUT2D eigenvalue weighted by Crippen LogP contribution is -2.48. The van der Waals surface area contributed by atoms with Crippen molar-refractivity contribution in [3.8, 4) is 0 Å². The van der Waals surface area contributed by atoms with E-state index < -0.39 is 15.9 Å². The van der Waals surface area contributed by atoms with Crippen molar-refractivity contribution in [3.63, 3.8) is 0 Å². The van der Waals surface area contributed by atoms with E-state index in [0.717, 1.165) is 37.9 Å². The first-order chi connectivity index (χ1) is 13.3. The zero-order chi connectivity index (χ0) is 20.1. The normalized spacial score (nSPS) is 18.3. The van der Waals surface area contributed by atoms with Gasteiger partial charge in [-0.05, 0) is 56.9 Å². The summed E-state index contributed by atoms with van der Waals surface area (Å²) in [6, 6.07) is 6.50. The van der Waals surface area contributed by atoms with Gasteiger partial charge in [0.05, 0.1) is 5.75 Å². The fourth-order valence-electron chi connectivity index (χ4n) is 3.92. The van der Waals surface area contributed by atoms with Crippen LogP contribution in [0, 0.1) is 0 Å². The molecular formula is C20H29N3O4S. The Morgan fingerprint density at radius 2 is 1.93 bits per heavy atom. The maximum absolute atomic E-state index is 12.8. The lowest BCUT2D eigenvalue weighted by atomic mass is 10.1. The Balaban J connectivity index is 1.61. The first-order valence-corrected chi connectivity index (χ1v) is 12.0. The number of benzene rings is 1. The topological polar surface area (TPSA) is 86.8 Å². The average molecular weight is 408 g/mol. The standard InChI is InChI=1S/C20H29N3O4S/c1-28(26,27)14-9-18(19(24)21-10-6-13-22-11-4-5-12-22)23-15-16-7-2-3-8-17(16)20(23)25/h2-3,7-8,18H,4-6,9-15H2,1H3,(H,21,24). The molecule has 28 heavy (non-hydrogen) atoms. The monoisotopic (exact) mass is 407 g/mol. The molecular weight excluding hydrogens is 378 g/mol. The number of fused-ring (bicyclic) bond motifs is 1. The molecule has 0 aliphatic carbocycles. The van der Waals surface area contributed by atoms with Gasteiger partial charge in [-0.3, -0.25) is 9.59 Å². The molecule has 1 aromatic rings. The molecule has 7 nitrogen and oxygen atoms in total. The van der Waals surface area contributed by atoms with Crippen LogP contribution < -0.4 is 5.32 Å². The Bertz CT molecular complexity index is 818. The molecule has 8 heteroatoms. The van der Waals surface area contributed by atoms with Crippen molar-refractivity contribution < 1.29 is 18.0 Å². The van der Waals surface area contributed by atoms with Crippen molar-refractivity contribution in [2.45, 2.75) is 38.3 Å². The molecule has 0 spiro atoms. The fraction of sp³-hybridized carbons (Fsp3) is 0.600. The molecule has 154 valence electrons. The molecule has 1 unspecified atom stereocenters. The maximum atomic E-state index is 12.8. The van der Waals surface area contributed by atoms with E-state index in [1.165, 1.54) is 17.7 Å². The summed E-state index contributed by atoms with van der Waals surface area (Å²) < 4.78 is 23.3. The Kier molecular flexibility index (Phi) is 6.72. The van der Waals surface area contributed by atoms with Gasteiger partial charge >= 0.3 is 0 Å². The minimum absolute atomic E-state index is 0.108. The smallest absolute Gasteiger partial charge is 0.255 e. The van der Waals surface area contributed by atoms with Crippen LogP contribution in [-0.4, -0.2) is 74.3 Å². The minimum Gasteiger partial charge on any atom is -0.354 e. The predicted octanol–water partition coefficient (Wildman–Crippen LogP) is 1.05. The number of sulfone groups is 1. The van der Waals surface area contributed by atoms with Crippen LogP contribution in [-0.2, 0) is 21.2 Å². The highest BCUT2D eigenvalue weighted by Gasteiger charge is 2.36. The summed E-state index contributed by atoms with van der Waals surface area (Å²) in [6.45, 7) is 4.05. The number of carbonyl (C=O) groups is 2. The predicted molar refractivity (Wildman–Crippen MR) is 108 cm³/mol. The van der Waals surface area contributed by atoms with Crippen LogP contribution in [0.15, 0.2) is 24.3 Å². The van der Waals surface area contributed by atoms with Crippen LogP contribution >= 0.6 is 0 Å². The zero-order valence-corrected chi connectivity index (χ0v) is 17.2. The molecule has 0 saturated carbocycles. The zero-order valence-electron chi connectivity index (χ0n) is 16.4. The van der Waals surface area contributed by atoms with E-state index in [9.17, 15) is 18.0 Å². The molecule has 2 aliphatic rings. The number of carbonyl (C=O) groups excluding carboxylic acids is 2. The highest BCUT2D eigenvalue weighted by atomic mass is 32.2. The van der Waals surface area contributed by atoms with Crippen LogP contribution in [0.5, 0.6) is 0 Å². The number of hydrogen-bond donors (Lipinski definition) is 1. The van der Waals surface area contributed by atoms with E-state index in [0.29, 0.717) is 18.7 Å². The third-order valence-electron chi connectivity index (χ3n) is 5.44. The van der Waals surface area contributed by atoms with Crippen LogP contribution in [0.3, 0.4) is 0 Å². The number of nitrogens with zero attached hydrogens (tertiary/aromatic N) is 2. The van der Waals surface area contributed by atoms with Gasteiger partial charge in [0, 0.05) is 24.9 Å². The minimum atomic E-state index is -3.23. The summed E-state index contributed by atoms with van der Waals surface area (Å²) in [4.78, 5) is 29.5. The molecule has 0 bridgehead atoms. The van der Waals surface area contributed by atoms with Gasteiger partial charge in [-0.2, -0.15) is 0 Å². The van der Waals surface area contributed by atoms with Gasteiger partial charge in [0.2, 0.25) is 5.91 Å². The quantitative estimate of drug-likeness (QED) is 0.619. The summed E-state index contributed by atoms with van der Waals surface area (Å²) in [5.41, 5.74) is 1.47. The van der Waals surface area contributed by atoms with Gasteiger partial charge in [0.15, 0.2) is 0 Å². The van der Waals surface area contributed by atoms with Crippen molar-refractivity contribution in [2.75, 3.05) is 38.2 Å². The van der Waals surface area contributed by atoms with Gasteiger partial charge < -0.3 is 15.1 Å². The summed E-state index contributed by atoms with van der Waals surface area (Å²) in [5, 5.41) is 2.91. The van der Waals surface area contributed by atoms with E-state index >= 15 is 0 Å². The second-order valence-corrected chi connectivity index (χ2v) is 9.98. The SMILES string of the molecule is CS(=O)(=O)CCC(C(=O)NCCCN1CCCC1)N1Cc2ccccc2C1=O. The van der Waals surface area contributed by atoms with E-state index in [-0.39, 0.29) is 24.0 Å². The Hall–Kier alpha value is -1.93. The molecule has 1 saturated heterocycles. The molecule has 3 rings (SSSR count). The molecule has 1 atom stereocenters. The summed E-state index contributed by atoms with van der Waals surface area (Å²) in [5.74, 6) is -0.605. The molecule has 0 radical (unpaired) electrons. The van der Waals surface area contributed by atoms with Gasteiger partial charge in [0.25, 0.3) is 5.91 Å². The summed E-state index contributed by atoms with van der Waals surface area (Å²) >= 11 is 0. The van der Waals surface area contributed by atoms with E-state index in [2.05, 4.69) is 10.2 Å². The third-order valence-corrected chi connectivity index (χ3v) is 6.42. The molecule has 0 aromatic heterocycles. The van der Waals surface area contributed by atoms with E-state index in [1.807, 2.05) is 12.1 Å². The van der Waals surface area contributed by atoms with Gasteiger partial charge in [-0.1, -0.05) is 18.2 Å². The van der Waals surface area contributed by atoms with Crippen molar-refractivity contribution in [2.24, 2.45) is 0 Å². The number of nitrogens with one attached hydrogen (secondary N) is 1. The molecule has 2 heterocycles. The van der Waals surface area contributed by atoms with E-state index in [1.54, 1.807) is 12.1 Å². The van der Waals surface area contributed by atoms with Crippen LogP contribution in [0.1, 0.15) is 41.6 Å². The maximum Gasteiger partial charge on any atom is 0.255 e. The van der Waals surface area contributed by atoms with Crippen molar-refractivity contribution in [1.29, 1.82) is 0 Å². The van der Waals surface area contributed by atoms with Crippen molar-refractivity contribution in [3.05, 3.63) is 35.4 Å². The van der Waals surface area contributed by atoms with Crippen LogP contribution in [0.2, 0.25) is 0 Å². The lowest BCUT2D eigenvalue weighted by Gasteiger charge is -2.27. The van der Waals surface area contributed by atoms with E-state index in [4.69, 9.17) is 0 Å². The number of likely N-dealkylation sites (tertiary alicyclic amines) is 1. The number of hydrogen-bond acceptors (Lipinski definition) is 5. The molecule has 1 aromatic carbocycles. The van der Waals surface area contributed by atoms with Gasteiger partial charge in [-0.25, -0.2) is 8.42 Å². The van der Waals surface area contributed by atoms with Crippen LogP contribution in [0.25, 0.3) is 0 Å². The van der Waals surface area contributed by atoms with Gasteiger partial charge in [0.1, 0.15) is 15.9 Å². The largest absolute Gasteiger partial charge is 0.354 e. The van der Waals surface area contributed by atoms with Crippen molar-refractivity contribution >= 4 is 21.7 Å². The second kappa shape index (κ2) is 9.05.